The molecule has 12 nitrogen and oxygen atoms in total. The Morgan fingerprint density at radius 2 is 1.82 bits per heavy atom. The third kappa shape index (κ3) is 4.55. The average molecular weight is 544 g/mol. The first-order valence-electron chi connectivity index (χ1n) is 13.7. The molecule has 3 aromatic heterocycles. The minimum absolute atomic E-state index is 0.0959. The van der Waals surface area contributed by atoms with Crippen LogP contribution in [0.2, 0.25) is 0 Å². The Kier molecular flexibility index (Phi) is 6.64. The van der Waals surface area contributed by atoms with Crippen molar-refractivity contribution in [1.29, 1.82) is 5.26 Å². The minimum Gasteiger partial charge on any atom is -0.390 e. The van der Waals surface area contributed by atoms with Crippen molar-refractivity contribution in [3.8, 4) is 12.0 Å². The zero-order valence-electron chi connectivity index (χ0n) is 23.0. The molecule has 0 atom stereocenters. The number of carbonyl (C=O) groups excluding carboxylic acids is 1. The molecule has 40 heavy (non-hydrogen) atoms. The molecule has 0 radical (unpaired) electrons. The number of ether oxygens (including phenoxy) is 1. The van der Waals surface area contributed by atoms with Crippen LogP contribution in [0.3, 0.4) is 0 Å². The van der Waals surface area contributed by atoms with Gasteiger partial charge in [-0.25, -0.2) is 9.97 Å². The Hall–Kier alpha value is -4.08. The van der Waals surface area contributed by atoms with Crippen LogP contribution in [0.5, 0.6) is 0 Å². The van der Waals surface area contributed by atoms with E-state index in [1.165, 1.54) is 0 Å². The average Bonchev–Trinajstić information content (AvgIpc) is 3.49. The van der Waals surface area contributed by atoms with Gasteiger partial charge in [0.15, 0.2) is 17.0 Å². The molecule has 2 fully saturated rings. The predicted molar refractivity (Wildman–Crippen MR) is 148 cm³/mol. The number of aliphatic hydroxyl groups is 1. The molecular weight excluding hydrogens is 510 g/mol. The molecule has 2 saturated heterocycles. The lowest BCUT2D eigenvalue weighted by atomic mass is 9.83. The van der Waals surface area contributed by atoms with Gasteiger partial charge in [0, 0.05) is 33.2 Å². The molecule has 4 aromatic rings. The molecule has 0 spiro atoms. The van der Waals surface area contributed by atoms with Crippen LogP contribution >= 0.6 is 0 Å². The lowest BCUT2D eigenvalue weighted by molar-refractivity contribution is -0.0110. The van der Waals surface area contributed by atoms with Gasteiger partial charge in [-0.2, -0.15) is 15.2 Å². The number of hydrogen-bond donors (Lipinski definition) is 1. The van der Waals surface area contributed by atoms with Gasteiger partial charge >= 0.3 is 0 Å². The number of nitrogens with zero attached hydrogens (tertiary/aromatic N) is 9. The van der Waals surface area contributed by atoms with Crippen LogP contribution in [0, 0.1) is 17.2 Å². The van der Waals surface area contributed by atoms with Crippen LogP contribution in [-0.2, 0) is 18.2 Å². The summed E-state index contributed by atoms with van der Waals surface area (Å²) in [5.74, 6) is 1.82. The second-order valence-corrected chi connectivity index (χ2v) is 11.0. The van der Waals surface area contributed by atoms with Crippen molar-refractivity contribution in [3.05, 3.63) is 35.9 Å². The summed E-state index contributed by atoms with van der Waals surface area (Å²) in [6.45, 7) is 7.15. The highest BCUT2D eigenvalue weighted by Gasteiger charge is 2.34. The number of aromatic nitrogens is 6. The summed E-state index contributed by atoms with van der Waals surface area (Å²) in [4.78, 5) is 37.0. The summed E-state index contributed by atoms with van der Waals surface area (Å²) in [6, 6.07) is 9.85. The monoisotopic (exact) mass is 543 g/mol. The molecule has 1 amide bonds. The fourth-order valence-corrected chi connectivity index (χ4v) is 5.74. The van der Waals surface area contributed by atoms with E-state index < -0.39 is 5.60 Å². The lowest BCUT2D eigenvalue weighted by Crippen LogP contribution is -2.44. The third-order valence-corrected chi connectivity index (χ3v) is 8.04. The maximum atomic E-state index is 13.7. The largest absolute Gasteiger partial charge is 0.390 e. The molecule has 208 valence electrons. The van der Waals surface area contributed by atoms with E-state index in [0.29, 0.717) is 74.0 Å². The van der Waals surface area contributed by atoms with E-state index in [1.54, 1.807) is 16.5 Å². The van der Waals surface area contributed by atoms with E-state index in [1.807, 2.05) is 42.7 Å². The zero-order chi connectivity index (χ0) is 28.0. The molecule has 1 aromatic carbocycles. The molecule has 12 heteroatoms. The van der Waals surface area contributed by atoms with Crippen molar-refractivity contribution in [2.45, 2.75) is 38.7 Å². The maximum Gasteiger partial charge on any atom is 0.289 e. The molecule has 1 N–H and O–H groups in total. The number of benzene rings is 1. The number of imidazole rings is 2. The van der Waals surface area contributed by atoms with Crippen molar-refractivity contribution in [3.63, 3.8) is 0 Å². The maximum absolute atomic E-state index is 13.7. The van der Waals surface area contributed by atoms with Gasteiger partial charge in [0.05, 0.1) is 42.3 Å². The molecule has 5 heterocycles. The number of carbonyl (C=O) groups is 1. The Labute approximate surface area is 231 Å². The molecule has 0 unspecified atom stereocenters. The third-order valence-electron chi connectivity index (χ3n) is 8.04. The molecule has 2 aliphatic rings. The fraction of sp³-hybridized carbons (Fsp3) is 0.500. The SMILES string of the molecule is Cn1c(C(=O)N2CCC(C(C)(C)O)CC2)nc2c(N3CCOCC3)nc(-n3c(CC#N)nc4ccccc43)nc21. The van der Waals surface area contributed by atoms with Crippen molar-refractivity contribution >= 4 is 33.9 Å². The Morgan fingerprint density at radius 1 is 1.10 bits per heavy atom. The van der Waals surface area contributed by atoms with E-state index in [4.69, 9.17) is 19.7 Å². The van der Waals surface area contributed by atoms with E-state index in [-0.39, 0.29) is 18.2 Å². The fourth-order valence-electron chi connectivity index (χ4n) is 5.74. The summed E-state index contributed by atoms with van der Waals surface area (Å²) in [5, 5.41) is 19.9. The van der Waals surface area contributed by atoms with Gasteiger partial charge < -0.3 is 24.2 Å². The number of nitriles is 1. The summed E-state index contributed by atoms with van der Waals surface area (Å²) in [7, 11) is 1.80. The highest BCUT2D eigenvalue weighted by molar-refractivity contribution is 5.96. The van der Waals surface area contributed by atoms with Crippen LogP contribution in [0.4, 0.5) is 5.82 Å². The molecule has 6 rings (SSSR count). The normalized spacial score (nSPS) is 17.1. The lowest BCUT2D eigenvalue weighted by Gasteiger charge is -2.37. The smallest absolute Gasteiger partial charge is 0.289 e. The van der Waals surface area contributed by atoms with Crippen molar-refractivity contribution in [2.75, 3.05) is 44.3 Å². The van der Waals surface area contributed by atoms with Crippen molar-refractivity contribution in [1.82, 2.24) is 34.0 Å². The van der Waals surface area contributed by atoms with Gasteiger partial charge in [-0.3, -0.25) is 9.36 Å². The number of morpholine rings is 1. The van der Waals surface area contributed by atoms with Crippen molar-refractivity contribution in [2.24, 2.45) is 13.0 Å². The van der Waals surface area contributed by atoms with E-state index in [2.05, 4.69) is 16.0 Å². The number of anilines is 1. The number of piperidine rings is 1. The first-order chi connectivity index (χ1) is 19.3. The number of amides is 1. The molecule has 2 aliphatic heterocycles. The number of para-hydroxylation sites is 2. The van der Waals surface area contributed by atoms with Crippen LogP contribution < -0.4 is 4.90 Å². The summed E-state index contributed by atoms with van der Waals surface area (Å²) in [5.41, 5.74) is 1.86. The van der Waals surface area contributed by atoms with E-state index in [9.17, 15) is 15.2 Å². The number of hydrogen-bond acceptors (Lipinski definition) is 9. The molecule has 0 bridgehead atoms. The summed E-state index contributed by atoms with van der Waals surface area (Å²) < 4.78 is 9.13. The second-order valence-electron chi connectivity index (χ2n) is 11.0. The Balaban J connectivity index is 1.46. The van der Waals surface area contributed by atoms with Gasteiger partial charge in [0.2, 0.25) is 11.8 Å². The minimum atomic E-state index is -0.770. The Morgan fingerprint density at radius 3 is 2.52 bits per heavy atom. The summed E-state index contributed by atoms with van der Waals surface area (Å²) in [6.07, 6.45) is 1.56. The Bertz CT molecular complexity index is 1610. The summed E-state index contributed by atoms with van der Waals surface area (Å²) >= 11 is 0. The quantitative estimate of drug-likeness (QED) is 0.401. The van der Waals surface area contributed by atoms with E-state index >= 15 is 0 Å². The van der Waals surface area contributed by atoms with Crippen molar-refractivity contribution < 1.29 is 14.6 Å². The highest BCUT2D eigenvalue weighted by atomic mass is 16.5. The predicted octanol–water partition coefficient (Wildman–Crippen LogP) is 2.23. The van der Waals surface area contributed by atoms with Crippen LogP contribution in [0.25, 0.3) is 28.1 Å². The number of likely N-dealkylation sites (tertiary alicyclic amines) is 1. The zero-order valence-corrected chi connectivity index (χ0v) is 23.0. The van der Waals surface area contributed by atoms with Gasteiger partial charge in [-0.15, -0.1) is 0 Å². The number of fused-ring (bicyclic) bond motifs is 2. The highest BCUT2D eigenvalue weighted by Crippen LogP contribution is 2.31. The van der Waals surface area contributed by atoms with Crippen LogP contribution in [0.1, 0.15) is 43.1 Å². The van der Waals surface area contributed by atoms with Gasteiger partial charge in [-0.05, 0) is 44.7 Å². The number of rotatable bonds is 5. The topological polar surface area (TPSA) is 138 Å². The van der Waals surface area contributed by atoms with Crippen LogP contribution in [-0.4, -0.2) is 90.0 Å². The second kappa shape index (κ2) is 10.1. The standard InChI is InChI=1S/C28H33N9O3/c1-28(2,39)18-9-12-36(13-10-18)26(38)25-31-22-23(34(25)3)32-27(33-24(22)35-14-16-40-17-15-35)37-20-7-5-4-6-19(20)30-21(37)8-11-29/h4-7,18,39H,8-10,12-17H2,1-3H3. The molecule has 0 aliphatic carbocycles. The first kappa shape index (κ1) is 26.2. The van der Waals surface area contributed by atoms with Gasteiger partial charge in [0.1, 0.15) is 5.82 Å². The van der Waals surface area contributed by atoms with E-state index in [0.717, 1.165) is 23.9 Å². The first-order valence-corrected chi connectivity index (χ1v) is 13.7. The molecule has 0 saturated carbocycles. The van der Waals surface area contributed by atoms with Gasteiger partial charge in [0.25, 0.3) is 5.91 Å². The van der Waals surface area contributed by atoms with Crippen LogP contribution in [0.15, 0.2) is 24.3 Å². The number of aryl methyl sites for hydroxylation is 1. The van der Waals surface area contributed by atoms with Gasteiger partial charge in [-0.1, -0.05) is 12.1 Å². The molecular formula is C28H33N9O3.